The number of ether oxygens (including phenoxy) is 1. The summed E-state index contributed by atoms with van der Waals surface area (Å²) >= 11 is 5.95. The molecule has 1 amide bonds. The summed E-state index contributed by atoms with van der Waals surface area (Å²) in [6.45, 7) is 0.0909. The minimum Gasteiger partial charge on any atom is -0.480 e. The number of aromatic nitrogens is 1. The van der Waals surface area contributed by atoms with Crippen LogP contribution in [0.4, 0.5) is 4.79 Å². The maximum Gasteiger partial charge on any atom is 0.407 e. The molecule has 1 heterocycles. The van der Waals surface area contributed by atoms with Crippen LogP contribution in [0.2, 0.25) is 5.02 Å². The van der Waals surface area contributed by atoms with Crippen LogP contribution in [0.3, 0.4) is 0 Å². The second kappa shape index (κ2) is 8.60. The van der Waals surface area contributed by atoms with Crippen LogP contribution >= 0.6 is 11.6 Å². The Labute approximate surface area is 194 Å². The molecule has 0 fully saturated rings. The molecule has 3 aromatic carbocycles. The maximum atomic E-state index is 12.5. The van der Waals surface area contributed by atoms with Crippen molar-refractivity contribution in [3.8, 4) is 11.1 Å². The van der Waals surface area contributed by atoms with E-state index in [1.807, 2.05) is 48.5 Å². The van der Waals surface area contributed by atoms with Gasteiger partial charge in [0, 0.05) is 17.0 Å². The Balaban J connectivity index is 1.27. The average molecular weight is 463 g/mol. The zero-order chi connectivity index (χ0) is 22.9. The Hall–Kier alpha value is -3.84. The van der Waals surface area contributed by atoms with E-state index >= 15 is 0 Å². The maximum absolute atomic E-state index is 12.5. The number of carbonyl (C=O) groups excluding carboxylic acids is 1. The van der Waals surface area contributed by atoms with E-state index in [9.17, 15) is 14.7 Å². The van der Waals surface area contributed by atoms with Crippen LogP contribution in [-0.4, -0.2) is 34.8 Å². The standard InChI is InChI=1S/C25H19ClN2O5/c26-14-9-10-20-22(11-14)33-23(27-20)12-21(24(29)30)28-25(31)32-13-19-17-7-3-1-5-15(17)16-6-2-4-8-18(16)19/h1-11,19,21H,12-13H2,(H,28,31)(H,29,30). The summed E-state index contributed by atoms with van der Waals surface area (Å²) in [4.78, 5) is 28.5. The van der Waals surface area contributed by atoms with E-state index in [2.05, 4.69) is 10.3 Å². The number of fused-ring (bicyclic) bond motifs is 4. The highest BCUT2D eigenvalue weighted by Gasteiger charge is 2.30. The van der Waals surface area contributed by atoms with Crippen molar-refractivity contribution in [2.45, 2.75) is 18.4 Å². The third-order valence-electron chi connectivity index (χ3n) is 5.71. The monoisotopic (exact) mass is 462 g/mol. The smallest absolute Gasteiger partial charge is 0.407 e. The van der Waals surface area contributed by atoms with Gasteiger partial charge in [-0.05, 0) is 34.4 Å². The van der Waals surface area contributed by atoms with Crippen molar-refractivity contribution in [3.63, 3.8) is 0 Å². The number of nitrogens with zero attached hydrogens (tertiary/aromatic N) is 1. The fourth-order valence-corrected chi connectivity index (χ4v) is 4.35. The first kappa shape index (κ1) is 21.0. The van der Waals surface area contributed by atoms with Crippen LogP contribution in [0.15, 0.2) is 71.1 Å². The molecule has 5 rings (SSSR count). The Bertz CT molecular complexity index is 1320. The molecular weight excluding hydrogens is 444 g/mol. The summed E-state index contributed by atoms with van der Waals surface area (Å²) in [5, 5.41) is 12.5. The van der Waals surface area contributed by atoms with Gasteiger partial charge in [-0.25, -0.2) is 14.6 Å². The largest absolute Gasteiger partial charge is 0.480 e. The highest BCUT2D eigenvalue weighted by molar-refractivity contribution is 6.31. The number of benzene rings is 3. The SMILES string of the molecule is O=C(NC(Cc1nc2ccc(Cl)cc2o1)C(=O)O)OCC1c2ccccc2-c2ccccc21. The number of hydrogen-bond acceptors (Lipinski definition) is 5. The first-order valence-electron chi connectivity index (χ1n) is 10.4. The molecule has 2 N–H and O–H groups in total. The minimum atomic E-state index is -1.26. The third kappa shape index (κ3) is 4.15. The van der Waals surface area contributed by atoms with E-state index in [4.69, 9.17) is 20.8 Å². The van der Waals surface area contributed by atoms with E-state index in [0.717, 1.165) is 22.3 Å². The predicted molar refractivity (Wildman–Crippen MR) is 122 cm³/mol. The molecule has 1 atom stereocenters. The second-order valence-electron chi connectivity index (χ2n) is 7.78. The van der Waals surface area contributed by atoms with Gasteiger partial charge in [-0.2, -0.15) is 0 Å². The fraction of sp³-hybridized carbons (Fsp3) is 0.160. The summed E-state index contributed by atoms with van der Waals surface area (Å²) in [5.41, 5.74) is 5.38. The number of amides is 1. The lowest BCUT2D eigenvalue weighted by Gasteiger charge is -2.16. The Morgan fingerprint density at radius 3 is 2.39 bits per heavy atom. The number of rotatable bonds is 6. The highest BCUT2D eigenvalue weighted by atomic mass is 35.5. The molecule has 8 heteroatoms. The molecule has 7 nitrogen and oxygen atoms in total. The Morgan fingerprint density at radius 1 is 1.06 bits per heavy atom. The number of carboxylic acid groups (broad SMARTS) is 1. The van der Waals surface area contributed by atoms with Crippen LogP contribution in [0.1, 0.15) is 22.9 Å². The third-order valence-corrected chi connectivity index (χ3v) is 5.94. The zero-order valence-electron chi connectivity index (χ0n) is 17.3. The number of nitrogens with one attached hydrogen (secondary N) is 1. The van der Waals surface area contributed by atoms with Crippen molar-refractivity contribution in [1.82, 2.24) is 10.3 Å². The van der Waals surface area contributed by atoms with E-state index < -0.39 is 18.1 Å². The van der Waals surface area contributed by atoms with Gasteiger partial charge in [-0.15, -0.1) is 0 Å². The van der Waals surface area contributed by atoms with Gasteiger partial charge in [-0.1, -0.05) is 60.1 Å². The molecule has 0 bridgehead atoms. The van der Waals surface area contributed by atoms with Crippen molar-refractivity contribution < 1.29 is 23.8 Å². The number of alkyl carbamates (subject to hydrolysis) is 1. The first-order valence-corrected chi connectivity index (χ1v) is 10.8. The Kier molecular flexibility index (Phi) is 5.48. The van der Waals surface area contributed by atoms with Gasteiger partial charge in [0.05, 0.1) is 6.42 Å². The number of hydrogen-bond donors (Lipinski definition) is 2. The molecule has 1 aliphatic carbocycles. The van der Waals surface area contributed by atoms with Crippen molar-refractivity contribution in [2.75, 3.05) is 6.61 Å². The zero-order valence-corrected chi connectivity index (χ0v) is 18.1. The van der Waals surface area contributed by atoms with Gasteiger partial charge >= 0.3 is 12.1 Å². The van der Waals surface area contributed by atoms with Gasteiger partial charge in [-0.3, -0.25) is 0 Å². The van der Waals surface area contributed by atoms with Crippen LogP contribution in [-0.2, 0) is 16.0 Å². The fourth-order valence-electron chi connectivity index (χ4n) is 4.19. The van der Waals surface area contributed by atoms with Crippen molar-refractivity contribution >= 4 is 34.8 Å². The lowest BCUT2D eigenvalue weighted by Crippen LogP contribution is -2.43. The van der Waals surface area contributed by atoms with Gasteiger partial charge in [0.1, 0.15) is 18.2 Å². The predicted octanol–water partition coefficient (Wildman–Crippen LogP) is 5.02. The van der Waals surface area contributed by atoms with Crippen molar-refractivity contribution in [2.24, 2.45) is 0 Å². The van der Waals surface area contributed by atoms with E-state index in [1.54, 1.807) is 18.2 Å². The number of carbonyl (C=O) groups is 2. The molecular formula is C25H19ClN2O5. The summed E-state index contributed by atoms with van der Waals surface area (Å²) in [6.07, 6.45) is -0.949. The van der Waals surface area contributed by atoms with Gasteiger partial charge in [0.25, 0.3) is 0 Å². The molecule has 0 saturated carbocycles. The van der Waals surface area contributed by atoms with Gasteiger partial charge < -0.3 is 19.6 Å². The van der Waals surface area contributed by atoms with Crippen LogP contribution < -0.4 is 5.32 Å². The molecule has 0 saturated heterocycles. The average Bonchev–Trinajstić information content (AvgIpc) is 3.35. The minimum absolute atomic E-state index is 0.0909. The second-order valence-corrected chi connectivity index (χ2v) is 8.22. The number of halogens is 1. The van der Waals surface area contributed by atoms with Crippen LogP contribution in [0.25, 0.3) is 22.2 Å². The topological polar surface area (TPSA) is 102 Å². The normalized spacial score (nSPS) is 13.4. The number of carboxylic acids is 1. The van der Waals surface area contributed by atoms with E-state index in [-0.39, 0.29) is 24.8 Å². The lowest BCUT2D eigenvalue weighted by atomic mass is 9.98. The summed E-state index contributed by atoms with van der Waals surface area (Å²) in [5.74, 6) is -1.16. The molecule has 33 heavy (non-hydrogen) atoms. The van der Waals surface area contributed by atoms with Crippen molar-refractivity contribution in [3.05, 3.63) is 88.8 Å². The summed E-state index contributed by atoms with van der Waals surface area (Å²) in [7, 11) is 0. The molecule has 0 spiro atoms. The van der Waals surface area contributed by atoms with Crippen molar-refractivity contribution in [1.29, 1.82) is 0 Å². The van der Waals surface area contributed by atoms with Crippen LogP contribution in [0, 0.1) is 0 Å². The highest BCUT2D eigenvalue weighted by Crippen LogP contribution is 2.44. The molecule has 1 unspecified atom stereocenters. The molecule has 1 aromatic heterocycles. The lowest BCUT2D eigenvalue weighted by molar-refractivity contribution is -0.139. The summed E-state index contributed by atoms with van der Waals surface area (Å²) < 4.78 is 11.0. The summed E-state index contributed by atoms with van der Waals surface area (Å²) in [6, 6.07) is 19.7. The van der Waals surface area contributed by atoms with E-state index in [0.29, 0.717) is 16.1 Å². The number of aliphatic carboxylic acids is 1. The Morgan fingerprint density at radius 2 is 1.73 bits per heavy atom. The molecule has 4 aromatic rings. The number of oxazole rings is 1. The molecule has 166 valence electrons. The molecule has 0 aliphatic heterocycles. The first-order chi connectivity index (χ1) is 16.0. The van der Waals surface area contributed by atoms with Gasteiger partial charge in [0.15, 0.2) is 11.5 Å². The quantitative estimate of drug-likeness (QED) is 0.417. The van der Waals surface area contributed by atoms with Crippen LogP contribution in [0.5, 0.6) is 0 Å². The molecule has 0 radical (unpaired) electrons. The molecule has 1 aliphatic rings. The van der Waals surface area contributed by atoms with Gasteiger partial charge in [0.2, 0.25) is 0 Å². The van der Waals surface area contributed by atoms with E-state index in [1.165, 1.54) is 0 Å².